The first-order valence-electron chi connectivity index (χ1n) is 7.29. The van der Waals surface area contributed by atoms with Gasteiger partial charge in [-0.2, -0.15) is 0 Å². The molecule has 0 aliphatic rings. The van der Waals surface area contributed by atoms with E-state index < -0.39 is 0 Å². The smallest absolute Gasteiger partial charge is 0.0334 e. The van der Waals surface area contributed by atoms with Gasteiger partial charge in [-0.05, 0) is 45.8 Å². The molecule has 0 saturated carbocycles. The van der Waals surface area contributed by atoms with Crippen LogP contribution < -0.4 is 5.73 Å². The Kier molecular flexibility index (Phi) is 8.08. The summed E-state index contributed by atoms with van der Waals surface area (Å²) in [4.78, 5) is 4.73. The molecule has 0 aromatic rings. The molecule has 0 aromatic heterocycles. The van der Waals surface area contributed by atoms with Gasteiger partial charge in [-0.1, -0.05) is 27.7 Å². The first-order chi connectivity index (χ1) is 8.23. The van der Waals surface area contributed by atoms with Crippen molar-refractivity contribution >= 4 is 0 Å². The Hall–Kier alpha value is -0.120. The zero-order valence-corrected chi connectivity index (χ0v) is 13.7. The van der Waals surface area contributed by atoms with Crippen molar-refractivity contribution in [3.05, 3.63) is 0 Å². The average Bonchev–Trinajstić information content (AvgIpc) is 2.23. The Labute approximate surface area is 115 Å². The Bertz CT molecular complexity index is 202. The molecule has 0 rings (SSSR count). The minimum atomic E-state index is 0.165. The van der Waals surface area contributed by atoms with Crippen LogP contribution in [0.3, 0.4) is 0 Å². The van der Waals surface area contributed by atoms with Crippen molar-refractivity contribution in [3.63, 3.8) is 0 Å². The molecule has 0 radical (unpaired) electrons. The largest absolute Gasteiger partial charge is 0.329 e. The molecule has 0 aliphatic heterocycles. The summed E-state index contributed by atoms with van der Waals surface area (Å²) in [6.45, 7) is 12.1. The van der Waals surface area contributed by atoms with Crippen LogP contribution in [0.15, 0.2) is 0 Å². The van der Waals surface area contributed by atoms with E-state index in [-0.39, 0.29) is 5.54 Å². The van der Waals surface area contributed by atoms with Crippen LogP contribution in [0.5, 0.6) is 0 Å². The maximum atomic E-state index is 6.16. The van der Waals surface area contributed by atoms with Crippen molar-refractivity contribution in [2.75, 3.05) is 40.8 Å². The maximum absolute atomic E-state index is 6.16. The molecule has 0 spiro atoms. The summed E-state index contributed by atoms with van der Waals surface area (Å²) >= 11 is 0. The molecule has 0 fully saturated rings. The highest BCUT2D eigenvalue weighted by Crippen LogP contribution is 2.29. The third-order valence-corrected chi connectivity index (χ3v) is 3.65. The van der Waals surface area contributed by atoms with Crippen LogP contribution in [0, 0.1) is 11.8 Å². The van der Waals surface area contributed by atoms with Gasteiger partial charge in [-0.3, -0.25) is 4.90 Å². The molecule has 3 nitrogen and oxygen atoms in total. The first kappa shape index (κ1) is 17.9. The summed E-state index contributed by atoms with van der Waals surface area (Å²) in [7, 11) is 6.49. The van der Waals surface area contributed by atoms with Crippen LogP contribution in [0.25, 0.3) is 0 Å². The summed E-state index contributed by atoms with van der Waals surface area (Å²) in [6, 6.07) is 0. The highest BCUT2D eigenvalue weighted by molar-refractivity contribution is 4.92. The lowest BCUT2D eigenvalue weighted by Crippen LogP contribution is -2.55. The second-order valence-corrected chi connectivity index (χ2v) is 6.85. The van der Waals surface area contributed by atoms with Gasteiger partial charge in [0.05, 0.1) is 0 Å². The standard InChI is InChI=1S/C15H35N3/c1-13(2)10-15(12-16,11-14(3)4)18(7)9-8-17(5)6/h13-14H,8-12,16H2,1-7H3. The molecule has 0 heterocycles. The third-order valence-electron chi connectivity index (χ3n) is 3.65. The molecule has 0 bridgehead atoms. The van der Waals surface area contributed by atoms with Crippen molar-refractivity contribution < 1.29 is 0 Å². The fraction of sp³-hybridized carbons (Fsp3) is 1.00. The predicted octanol–water partition coefficient (Wildman–Crippen LogP) is 2.27. The Morgan fingerprint density at radius 3 is 1.61 bits per heavy atom. The molecule has 0 unspecified atom stereocenters. The van der Waals surface area contributed by atoms with Crippen molar-refractivity contribution in [2.45, 2.75) is 46.1 Å². The van der Waals surface area contributed by atoms with Gasteiger partial charge in [0.2, 0.25) is 0 Å². The van der Waals surface area contributed by atoms with Gasteiger partial charge in [-0.25, -0.2) is 0 Å². The molecule has 0 aromatic carbocycles. The van der Waals surface area contributed by atoms with Gasteiger partial charge < -0.3 is 10.6 Å². The van der Waals surface area contributed by atoms with Gasteiger partial charge in [0.1, 0.15) is 0 Å². The number of hydrogen-bond donors (Lipinski definition) is 1. The second kappa shape index (κ2) is 8.13. The molecule has 0 amide bonds. The monoisotopic (exact) mass is 257 g/mol. The fourth-order valence-electron chi connectivity index (χ4n) is 2.82. The molecule has 3 heteroatoms. The topological polar surface area (TPSA) is 32.5 Å². The molecule has 0 aliphatic carbocycles. The number of nitrogens with zero attached hydrogens (tertiary/aromatic N) is 2. The van der Waals surface area contributed by atoms with Crippen LogP contribution in [-0.4, -0.2) is 56.1 Å². The lowest BCUT2D eigenvalue weighted by atomic mass is 9.80. The summed E-state index contributed by atoms with van der Waals surface area (Å²) in [5, 5.41) is 0. The van der Waals surface area contributed by atoms with Gasteiger partial charge in [0, 0.05) is 25.2 Å². The van der Waals surface area contributed by atoms with Crippen molar-refractivity contribution in [2.24, 2.45) is 17.6 Å². The lowest BCUT2D eigenvalue weighted by molar-refractivity contribution is 0.0722. The van der Waals surface area contributed by atoms with E-state index in [2.05, 4.69) is 58.6 Å². The first-order valence-corrected chi connectivity index (χ1v) is 7.29. The van der Waals surface area contributed by atoms with E-state index in [1.165, 1.54) is 12.8 Å². The quantitative estimate of drug-likeness (QED) is 0.688. The maximum Gasteiger partial charge on any atom is 0.0334 e. The van der Waals surface area contributed by atoms with E-state index in [0.29, 0.717) is 11.8 Å². The summed E-state index contributed by atoms with van der Waals surface area (Å²) < 4.78 is 0. The minimum absolute atomic E-state index is 0.165. The number of rotatable bonds is 9. The Morgan fingerprint density at radius 2 is 1.33 bits per heavy atom. The lowest BCUT2D eigenvalue weighted by Gasteiger charge is -2.44. The molecular weight excluding hydrogens is 222 g/mol. The summed E-state index contributed by atoms with van der Waals surface area (Å²) in [6.07, 6.45) is 2.37. The Morgan fingerprint density at radius 1 is 0.889 bits per heavy atom. The number of hydrogen-bond acceptors (Lipinski definition) is 3. The van der Waals surface area contributed by atoms with E-state index in [9.17, 15) is 0 Å². The van der Waals surface area contributed by atoms with Gasteiger partial charge in [0.15, 0.2) is 0 Å². The van der Waals surface area contributed by atoms with E-state index in [4.69, 9.17) is 5.73 Å². The Balaban J connectivity index is 4.79. The zero-order valence-electron chi connectivity index (χ0n) is 13.7. The van der Waals surface area contributed by atoms with E-state index >= 15 is 0 Å². The van der Waals surface area contributed by atoms with Crippen LogP contribution >= 0.6 is 0 Å². The predicted molar refractivity (Wildman–Crippen MR) is 81.9 cm³/mol. The van der Waals surface area contributed by atoms with Gasteiger partial charge >= 0.3 is 0 Å². The summed E-state index contributed by atoms with van der Waals surface area (Å²) in [5.74, 6) is 1.38. The van der Waals surface area contributed by atoms with Crippen molar-refractivity contribution in [1.82, 2.24) is 9.80 Å². The van der Waals surface area contributed by atoms with Gasteiger partial charge in [0.25, 0.3) is 0 Å². The molecular formula is C15H35N3. The molecule has 0 saturated heterocycles. The minimum Gasteiger partial charge on any atom is -0.329 e. The fourth-order valence-corrected chi connectivity index (χ4v) is 2.82. The van der Waals surface area contributed by atoms with Crippen molar-refractivity contribution in [3.8, 4) is 0 Å². The molecule has 0 atom stereocenters. The normalized spacial score (nSPS) is 13.3. The van der Waals surface area contributed by atoms with E-state index in [0.717, 1.165) is 19.6 Å². The average molecular weight is 257 g/mol. The molecule has 110 valence electrons. The van der Waals surface area contributed by atoms with Crippen LogP contribution in [-0.2, 0) is 0 Å². The van der Waals surface area contributed by atoms with Crippen LogP contribution in [0.1, 0.15) is 40.5 Å². The third kappa shape index (κ3) is 6.17. The number of likely N-dealkylation sites (N-methyl/N-ethyl adjacent to an activating group) is 2. The van der Waals surface area contributed by atoms with Crippen LogP contribution in [0.4, 0.5) is 0 Å². The van der Waals surface area contributed by atoms with E-state index in [1.54, 1.807) is 0 Å². The second-order valence-electron chi connectivity index (χ2n) is 6.85. The number of nitrogens with two attached hydrogens (primary N) is 1. The van der Waals surface area contributed by atoms with Crippen LogP contribution in [0.2, 0.25) is 0 Å². The van der Waals surface area contributed by atoms with Gasteiger partial charge in [-0.15, -0.1) is 0 Å². The summed E-state index contributed by atoms with van der Waals surface area (Å²) in [5.41, 5.74) is 6.32. The van der Waals surface area contributed by atoms with Crippen molar-refractivity contribution in [1.29, 1.82) is 0 Å². The highest BCUT2D eigenvalue weighted by atomic mass is 15.2. The molecule has 2 N–H and O–H groups in total. The SMILES string of the molecule is CC(C)CC(CN)(CC(C)C)N(C)CCN(C)C. The zero-order chi connectivity index (χ0) is 14.3. The van der Waals surface area contributed by atoms with E-state index in [1.807, 2.05) is 0 Å². The molecule has 18 heavy (non-hydrogen) atoms. The highest BCUT2D eigenvalue weighted by Gasteiger charge is 2.34.